The molecule has 1 fully saturated rings. The lowest BCUT2D eigenvalue weighted by atomic mass is 10.0. The molecule has 0 spiro atoms. The normalized spacial score (nSPS) is 18.6. The molecule has 1 unspecified atom stereocenters. The Balaban J connectivity index is 2.11. The van der Waals surface area contributed by atoms with E-state index in [-0.39, 0.29) is 6.61 Å². The van der Waals surface area contributed by atoms with E-state index in [1.807, 2.05) is 0 Å². The Bertz CT molecular complexity index is 255. The van der Waals surface area contributed by atoms with Crippen molar-refractivity contribution in [2.75, 3.05) is 26.4 Å². The number of carboxylic acids is 1. The van der Waals surface area contributed by atoms with Gasteiger partial charge in [-0.1, -0.05) is 13.3 Å². The Hall–Kier alpha value is -0.650. The van der Waals surface area contributed by atoms with Gasteiger partial charge in [0.25, 0.3) is 0 Å². The van der Waals surface area contributed by atoms with Gasteiger partial charge in [0.05, 0.1) is 19.8 Å². The van der Waals surface area contributed by atoms with Crippen molar-refractivity contribution in [3.05, 3.63) is 0 Å². The van der Waals surface area contributed by atoms with Crippen LogP contribution in [0.15, 0.2) is 0 Å². The van der Waals surface area contributed by atoms with Crippen LogP contribution in [0.25, 0.3) is 0 Å². The molecule has 0 aromatic heterocycles. The van der Waals surface area contributed by atoms with Crippen LogP contribution in [-0.2, 0) is 14.3 Å². The molecule has 0 heterocycles. The van der Waals surface area contributed by atoms with Gasteiger partial charge in [-0.15, -0.1) is 0 Å². The molecule has 0 bridgehead atoms. The minimum Gasteiger partial charge on any atom is -0.480 e. The fraction of sp³-hybridized carbons (Fsp3) is 0.923. The summed E-state index contributed by atoms with van der Waals surface area (Å²) in [5.74, 6) is -0.860. The van der Waals surface area contributed by atoms with Crippen LogP contribution in [0, 0.1) is 0 Å². The molecule has 18 heavy (non-hydrogen) atoms. The van der Waals surface area contributed by atoms with Crippen molar-refractivity contribution in [2.45, 2.75) is 51.1 Å². The van der Waals surface area contributed by atoms with E-state index >= 15 is 0 Å². The average molecular weight is 259 g/mol. The van der Waals surface area contributed by atoms with Gasteiger partial charge in [-0.25, -0.2) is 0 Å². The van der Waals surface area contributed by atoms with E-state index < -0.39 is 11.5 Å². The number of nitrogens with one attached hydrogen (secondary N) is 1. The summed E-state index contributed by atoms with van der Waals surface area (Å²) < 4.78 is 10.8. The summed E-state index contributed by atoms with van der Waals surface area (Å²) in [6.07, 6.45) is 4.28. The molecule has 5 nitrogen and oxygen atoms in total. The summed E-state index contributed by atoms with van der Waals surface area (Å²) in [6.45, 7) is 5.68. The SMILES string of the molecule is CCCCOCCOCC(C)(NC1CC1)C(=O)O. The van der Waals surface area contributed by atoms with Gasteiger partial charge in [0, 0.05) is 12.6 Å². The maximum Gasteiger partial charge on any atom is 0.326 e. The first kappa shape index (κ1) is 15.4. The Morgan fingerprint density at radius 1 is 1.33 bits per heavy atom. The smallest absolute Gasteiger partial charge is 0.326 e. The summed E-state index contributed by atoms with van der Waals surface area (Å²) in [7, 11) is 0. The maximum atomic E-state index is 11.2. The summed E-state index contributed by atoms with van der Waals surface area (Å²) in [5.41, 5.74) is -0.982. The molecule has 0 amide bonds. The summed E-state index contributed by atoms with van der Waals surface area (Å²) in [6, 6.07) is 0.343. The summed E-state index contributed by atoms with van der Waals surface area (Å²) in [5, 5.41) is 12.3. The van der Waals surface area contributed by atoms with Crippen molar-refractivity contribution >= 4 is 5.97 Å². The third-order valence-electron chi connectivity index (χ3n) is 2.98. The van der Waals surface area contributed by atoms with Gasteiger partial charge in [-0.3, -0.25) is 10.1 Å². The topological polar surface area (TPSA) is 67.8 Å². The van der Waals surface area contributed by atoms with Crippen molar-refractivity contribution < 1.29 is 19.4 Å². The standard InChI is InChI=1S/C13H25NO4/c1-3-4-7-17-8-9-18-10-13(2,12(15)16)14-11-5-6-11/h11,14H,3-10H2,1-2H3,(H,15,16). The molecule has 5 heteroatoms. The largest absolute Gasteiger partial charge is 0.480 e. The summed E-state index contributed by atoms with van der Waals surface area (Å²) >= 11 is 0. The van der Waals surface area contributed by atoms with Gasteiger partial charge < -0.3 is 14.6 Å². The van der Waals surface area contributed by atoms with Crippen LogP contribution in [-0.4, -0.2) is 49.1 Å². The average Bonchev–Trinajstić information content (AvgIpc) is 3.11. The highest BCUT2D eigenvalue weighted by Crippen LogP contribution is 2.22. The highest BCUT2D eigenvalue weighted by atomic mass is 16.5. The fourth-order valence-electron chi connectivity index (χ4n) is 1.59. The molecular formula is C13H25NO4. The lowest BCUT2D eigenvalue weighted by Gasteiger charge is -2.26. The third-order valence-corrected chi connectivity index (χ3v) is 2.98. The molecule has 0 aliphatic heterocycles. The zero-order chi connectivity index (χ0) is 13.4. The Morgan fingerprint density at radius 3 is 2.56 bits per heavy atom. The monoisotopic (exact) mass is 259 g/mol. The first-order valence-electron chi connectivity index (χ1n) is 6.75. The van der Waals surface area contributed by atoms with Crippen LogP contribution in [0.2, 0.25) is 0 Å². The minimum absolute atomic E-state index is 0.177. The van der Waals surface area contributed by atoms with E-state index in [4.69, 9.17) is 9.47 Å². The number of ether oxygens (including phenoxy) is 2. The van der Waals surface area contributed by atoms with Crippen LogP contribution >= 0.6 is 0 Å². The number of hydrogen-bond acceptors (Lipinski definition) is 4. The van der Waals surface area contributed by atoms with E-state index in [0.717, 1.165) is 32.3 Å². The first-order chi connectivity index (χ1) is 8.58. The van der Waals surface area contributed by atoms with Crippen LogP contribution in [0.1, 0.15) is 39.5 Å². The van der Waals surface area contributed by atoms with Crippen molar-refractivity contribution in [3.63, 3.8) is 0 Å². The second kappa shape index (κ2) is 7.71. The van der Waals surface area contributed by atoms with Crippen molar-refractivity contribution in [2.24, 2.45) is 0 Å². The van der Waals surface area contributed by atoms with Gasteiger partial charge >= 0.3 is 5.97 Å². The third kappa shape index (κ3) is 5.80. The molecule has 1 aliphatic rings. The zero-order valence-corrected chi connectivity index (χ0v) is 11.4. The summed E-state index contributed by atoms with van der Waals surface area (Å²) in [4.78, 5) is 11.2. The number of carboxylic acid groups (broad SMARTS) is 1. The molecule has 1 rings (SSSR count). The van der Waals surface area contributed by atoms with E-state index in [1.54, 1.807) is 6.92 Å². The molecule has 0 saturated heterocycles. The molecule has 2 N–H and O–H groups in total. The highest BCUT2D eigenvalue weighted by molar-refractivity contribution is 5.78. The highest BCUT2D eigenvalue weighted by Gasteiger charge is 2.38. The second-order valence-corrected chi connectivity index (χ2v) is 5.07. The van der Waals surface area contributed by atoms with Gasteiger partial charge in [-0.05, 0) is 26.2 Å². The minimum atomic E-state index is -0.982. The van der Waals surface area contributed by atoms with E-state index in [1.165, 1.54) is 0 Å². The molecule has 1 atom stereocenters. The molecule has 0 aromatic carbocycles. The predicted molar refractivity (Wildman–Crippen MR) is 68.7 cm³/mol. The molecule has 0 aromatic rings. The molecular weight excluding hydrogens is 234 g/mol. The van der Waals surface area contributed by atoms with E-state index in [0.29, 0.717) is 19.3 Å². The number of carbonyl (C=O) groups is 1. The van der Waals surface area contributed by atoms with Crippen molar-refractivity contribution in [3.8, 4) is 0 Å². The number of rotatable bonds is 11. The van der Waals surface area contributed by atoms with E-state index in [2.05, 4.69) is 12.2 Å². The fourth-order valence-corrected chi connectivity index (χ4v) is 1.59. The van der Waals surface area contributed by atoms with Gasteiger partial charge in [0.2, 0.25) is 0 Å². The quantitative estimate of drug-likeness (QED) is 0.549. The number of aliphatic carboxylic acids is 1. The maximum absolute atomic E-state index is 11.2. The first-order valence-corrected chi connectivity index (χ1v) is 6.75. The lowest BCUT2D eigenvalue weighted by molar-refractivity contribution is -0.147. The van der Waals surface area contributed by atoms with Gasteiger partial charge in [0.1, 0.15) is 5.54 Å². The Labute approximate surface area is 109 Å². The van der Waals surface area contributed by atoms with Crippen LogP contribution in [0.3, 0.4) is 0 Å². The Kier molecular flexibility index (Phi) is 6.60. The van der Waals surface area contributed by atoms with Crippen molar-refractivity contribution in [1.29, 1.82) is 0 Å². The number of hydrogen-bond donors (Lipinski definition) is 2. The molecule has 106 valence electrons. The lowest BCUT2D eigenvalue weighted by Crippen LogP contribution is -2.54. The number of unbranched alkanes of at least 4 members (excludes halogenated alkanes) is 1. The molecule has 1 aliphatic carbocycles. The zero-order valence-electron chi connectivity index (χ0n) is 11.4. The van der Waals surface area contributed by atoms with Crippen molar-refractivity contribution in [1.82, 2.24) is 5.32 Å². The van der Waals surface area contributed by atoms with E-state index in [9.17, 15) is 9.90 Å². The van der Waals surface area contributed by atoms with Crippen LogP contribution in [0.5, 0.6) is 0 Å². The Morgan fingerprint density at radius 2 is 2.00 bits per heavy atom. The molecule has 0 radical (unpaired) electrons. The predicted octanol–water partition coefficient (Wildman–Crippen LogP) is 1.41. The molecule has 1 saturated carbocycles. The van der Waals surface area contributed by atoms with Crippen LogP contribution < -0.4 is 5.32 Å². The van der Waals surface area contributed by atoms with Gasteiger partial charge in [-0.2, -0.15) is 0 Å². The second-order valence-electron chi connectivity index (χ2n) is 5.07. The van der Waals surface area contributed by atoms with Crippen LogP contribution in [0.4, 0.5) is 0 Å². The van der Waals surface area contributed by atoms with Gasteiger partial charge in [0.15, 0.2) is 0 Å².